The zero-order valence-corrected chi connectivity index (χ0v) is 15.6. The van der Waals surface area contributed by atoms with Crippen molar-refractivity contribution in [2.24, 2.45) is 5.73 Å². The summed E-state index contributed by atoms with van der Waals surface area (Å²) in [5.74, 6) is 0.324. The molecule has 1 aromatic heterocycles. The van der Waals surface area contributed by atoms with Crippen molar-refractivity contribution in [2.45, 2.75) is 26.8 Å². The van der Waals surface area contributed by atoms with Gasteiger partial charge in [-0.25, -0.2) is 4.79 Å². The van der Waals surface area contributed by atoms with Crippen molar-refractivity contribution in [3.8, 4) is 11.8 Å². The molecule has 0 aliphatic carbocycles. The van der Waals surface area contributed by atoms with Gasteiger partial charge in [0.05, 0.1) is 14.2 Å². The summed E-state index contributed by atoms with van der Waals surface area (Å²) in [4.78, 5) is 22.3. The lowest BCUT2D eigenvalue weighted by molar-refractivity contribution is -0.274. The van der Waals surface area contributed by atoms with E-state index in [2.05, 4.69) is 29.7 Å². The molecule has 0 atom stereocenters. The minimum Gasteiger partial charge on any atom is -0.467 e. The zero-order chi connectivity index (χ0) is 21.3. The Kier molecular flexibility index (Phi) is 8.38. The fourth-order valence-corrected chi connectivity index (χ4v) is 1.90. The van der Waals surface area contributed by atoms with Crippen LogP contribution >= 0.6 is 0 Å². The zero-order valence-electron chi connectivity index (χ0n) is 15.6. The molecule has 1 heterocycles. The molecule has 0 radical (unpaired) electrons. The third kappa shape index (κ3) is 7.61. The smallest absolute Gasteiger partial charge is 0.467 e. The summed E-state index contributed by atoms with van der Waals surface area (Å²) in [5, 5.41) is 2.30. The Morgan fingerprint density at radius 1 is 1.18 bits per heavy atom. The number of rotatable bonds is 4. The standard InChI is InChI=1S/C9H10F3NO.C7H10N4O3/c1-6-3-2-4-8(7(6)5-13)14-9(10,11)12;1-4-8-5(11-7(12)14-3)10-6(9-4)13-2/h2-4H,5,13H2,1H3;1-3H3,(H,8,9,10,11,12). The van der Waals surface area contributed by atoms with Crippen LogP contribution in [0.3, 0.4) is 0 Å². The third-order valence-corrected chi connectivity index (χ3v) is 3.11. The predicted octanol–water partition coefficient (Wildman–Crippen LogP) is 2.72. The Balaban J connectivity index is 0.000000280. The van der Waals surface area contributed by atoms with Gasteiger partial charge in [0.15, 0.2) is 0 Å². The van der Waals surface area contributed by atoms with E-state index >= 15 is 0 Å². The molecule has 0 aliphatic heterocycles. The first-order chi connectivity index (χ1) is 13.1. The van der Waals surface area contributed by atoms with Crippen molar-refractivity contribution < 1.29 is 32.2 Å². The Morgan fingerprint density at radius 3 is 2.39 bits per heavy atom. The molecule has 0 fully saturated rings. The van der Waals surface area contributed by atoms with Gasteiger partial charge in [0.25, 0.3) is 0 Å². The van der Waals surface area contributed by atoms with Crippen LogP contribution in [0, 0.1) is 13.8 Å². The maximum absolute atomic E-state index is 11.9. The Hall–Kier alpha value is -3.15. The highest BCUT2D eigenvalue weighted by molar-refractivity contribution is 5.81. The lowest BCUT2D eigenvalue weighted by Crippen LogP contribution is -2.19. The van der Waals surface area contributed by atoms with Gasteiger partial charge in [0.1, 0.15) is 11.6 Å². The van der Waals surface area contributed by atoms with Crippen LogP contribution in [0.25, 0.3) is 0 Å². The molecule has 0 bridgehead atoms. The minimum atomic E-state index is -4.67. The lowest BCUT2D eigenvalue weighted by Gasteiger charge is -2.13. The average Bonchev–Trinajstić information content (AvgIpc) is 2.60. The second-order valence-electron chi connectivity index (χ2n) is 5.11. The van der Waals surface area contributed by atoms with E-state index in [9.17, 15) is 18.0 Å². The normalized spacial score (nSPS) is 10.4. The molecule has 1 amide bonds. The average molecular weight is 403 g/mol. The molecule has 154 valence electrons. The molecular weight excluding hydrogens is 383 g/mol. The molecule has 0 saturated heterocycles. The molecule has 9 nitrogen and oxygen atoms in total. The van der Waals surface area contributed by atoms with Crippen LogP contribution in [0.15, 0.2) is 18.2 Å². The van der Waals surface area contributed by atoms with E-state index in [1.165, 1.54) is 26.4 Å². The first-order valence-corrected chi connectivity index (χ1v) is 7.75. The second-order valence-corrected chi connectivity index (χ2v) is 5.11. The summed E-state index contributed by atoms with van der Waals surface area (Å²) in [5.41, 5.74) is 6.39. The Bertz CT molecular complexity index is 802. The van der Waals surface area contributed by atoms with Crippen molar-refractivity contribution in [1.82, 2.24) is 15.0 Å². The van der Waals surface area contributed by atoms with Crippen LogP contribution in [-0.4, -0.2) is 41.6 Å². The molecule has 0 unspecified atom stereocenters. The highest BCUT2D eigenvalue weighted by Gasteiger charge is 2.32. The van der Waals surface area contributed by atoms with Crippen LogP contribution < -0.4 is 20.5 Å². The number of amides is 1. The molecule has 2 rings (SSSR count). The van der Waals surface area contributed by atoms with Gasteiger partial charge in [-0.1, -0.05) is 12.1 Å². The first-order valence-electron chi connectivity index (χ1n) is 7.75. The largest absolute Gasteiger partial charge is 0.573 e. The van der Waals surface area contributed by atoms with Crippen molar-refractivity contribution in [2.75, 3.05) is 19.5 Å². The predicted molar refractivity (Wildman–Crippen MR) is 92.9 cm³/mol. The summed E-state index contributed by atoms with van der Waals surface area (Å²) in [7, 11) is 2.68. The van der Waals surface area contributed by atoms with Crippen LogP contribution in [0.1, 0.15) is 17.0 Å². The number of aryl methyl sites for hydroxylation is 2. The quantitative estimate of drug-likeness (QED) is 0.799. The molecule has 0 aliphatic rings. The number of carbonyl (C=O) groups is 1. The number of methoxy groups -OCH3 is 2. The number of ether oxygens (including phenoxy) is 3. The topological polar surface area (TPSA) is 121 Å². The summed E-state index contributed by atoms with van der Waals surface area (Å²) in [6.07, 6.45) is -5.31. The van der Waals surface area contributed by atoms with E-state index in [4.69, 9.17) is 10.5 Å². The van der Waals surface area contributed by atoms with Crippen LogP contribution in [0.2, 0.25) is 0 Å². The SMILES string of the molecule is COC(=O)Nc1nc(C)nc(OC)n1.Cc1cccc(OC(F)(F)F)c1CN. The number of hydrogen-bond acceptors (Lipinski definition) is 8. The monoisotopic (exact) mass is 403 g/mol. The van der Waals surface area contributed by atoms with E-state index in [0.717, 1.165) is 0 Å². The number of hydrogen-bond donors (Lipinski definition) is 2. The van der Waals surface area contributed by atoms with Gasteiger partial charge in [-0.15, -0.1) is 13.2 Å². The fourth-order valence-electron chi connectivity index (χ4n) is 1.90. The van der Waals surface area contributed by atoms with Gasteiger partial charge in [-0.3, -0.25) is 5.32 Å². The van der Waals surface area contributed by atoms with Gasteiger partial charge in [-0.05, 0) is 25.5 Å². The molecular formula is C16H20F3N5O4. The number of aromatic nitrogens is 3. The summed E-state index contributed by atoms with van der Waals surface area (Å²) < 4.78 is 48.8. The van der Waals surface area contributed by atoms with Crippen molar-refractivity contribution in [1.29, 1.82) is 0 Å². The first kappa shape index (κ1) is 22.9. The maximum Gasteiger partial charge on any atom is 0.573 e. The van der Waals surface area contributed by atoms with Crippen LogP contribution in [0.4, 0.5) is 23.9 Å². The number of halogens is 3. The molecule has 12 heteroatoms. The summed E-state index contributed by atoms with van der Waals surface area (Å²) in [6.45, 7) is 3.37. The van der Waals surface area contributed by atoms with E-state index in [0.29, 0.717) is 17.0 Å². The number of anilines is 1. The minimum absolute atomic E-state index is 0.0259. The Morgan fingerprint density at radius 2 is 1.86 bits per heavy atom. The van der Waals surface area contributed by atoms with Gasteiger partial charge in [0, 0.05) is 12.1 Å². The van der Waals surface area contributed by atoms with E-state index in [1.807, 2.05) is 0 Å². The van der Waals surface area contributed by atoms with E-state index < -0.39 is 12.5 Å². The van der Waals surface area contributed by atoms with Crippen molar-refractivity contribution in [3.63, 3.8) is 0 Å². The van der Waals surface area contributed by atoms with Gasteiger partial charge in [0.2, 0.25) is 5.95 Å². The highest BCUT2D eigenvalue weighted by atomic mass is 19.4. The number of nitrogens with one attached hydrogen (secondary N) is 1. The lowest BCUT2D eigenvalue weighted by atomic mass is 10.1. The molecule has 2 aromatic rings. The number of alkyl halides is 3. The highest BCUT2D eigenvalue weighted by Crippen LogP contribution is 2.27. The Labute approximate surface area is 159 Å². The van der Waals surface area contributed by atoms with E-state index in [1.54, 1.807) is 19.9 Å². The van der Waals surface area contributed by atoms with Crippen LogP contribution in [0.5, 0.6) is 11.8 Å². The summed E-state index contributed by atoms with van der Waals surface area (Å²) in [6, 6.07) is 4.58. The molecule has 0 saturated carbocycles. The van der Waals surface area contributed by atoms with Crippen LogP contribution in [-0.2, 0) is 11.3 Å². The van der Waals surface area contributed by atoms with Crippen molar-refractivity contribution in [3.05, 3.63) is 35.2 Å². The molecule has 28 heavy (non-hydrogen) atoms. The molecule has 3 N–H and O–H groups in total. The third-order valence-electron chi connectivity index (χ3n) is 3.11. The van der Waals surface area contributed by atoms with Gasteiger partial charge in [-0.2, -0.15) is 15.0 Å². The molecule has 0 spiro atoms. The number of benzene rings is 1. The maximum atomic E-state index is 11.9. The van der Waals surface area contributed by atoms with Crippen molar-refractivity contribution >= 4 is 12.0 Å². The number of nitrogens with two attached hydrogens (primary N) is 1. The second kappa shape index (κ2) is 10.3. The summed E-state index contributed by atoms with van der Waals surface area (Å²) >= 11 is 0. The van der Waals surface area contributed by atoms with E-state index in [-0.39, 0.29) is 24.3 Å². The van der Waals surface area contributed by atoms with Gasteiger partial charge < -0.3 is 19.9 Å². The fraction of sp³-hybridized carbons (Fsp3) is 0.375. The van der Waals surface area contributed by atoms with Gasteiger partial charge >= 0.3 is 18.5 Å². The number of carbonyl (C=O) groups excluding carboxylic acids is 1. The molecule has 1 aromatic carbocycles. The number of nitrogens with zero attached hydrogens (tertiary/aromatic N) is 3.